The van der Waals surface area contributed by atoms with Gasteiger partial charge in [0.15, 0.2) is 5.82 Å². The highest BCUT2D eigenvalue weighted by Crippen LogP contribution is 2.44. The number of nitrogens with one attached hydrogen (secondary N) is 2. The molecule has 0 amide bonds. The van der Waals surface area contributed by atoms with Crippen LogP contribution in [0.15, 0.2) is 49.1 Å². The van der Waals surface area contributed by atoms with Gasteiger partial charge < -0.3 is 15.5 Å². The Balaban J connectivity index is 1.37. The van der Waals surface area contributed by atoms with Crippen LogP contribution in [0.25, 0.3) is 22.3 Å². The number of piperazine rings is 1. The smallest absolute Gasteiger partial charge is 0.353 e. The van der Waals surface area contributed by atoms with Crippen molar-refractivity contribution in [2.45, 2.75) is 24.9 Å². The number of pyridine rings is 3. The van der Waals surface area contributed by atoms with E-state index in [1.54, 1.807) is 18.5 Å². The van der Waals surface area contributed by atoms with E-state index >= 15 is 0 Å². The lowest BCUT2D eigenvalue weighted by Crippen LogP contribution is -2.44. The number of fused-ring (bicyclic) bond motifs is 1. The van der Waals surface area contributed by atoms with Crippen molar-refractivity contribution in [1.82, 2.24) is 30.2 Å². The molecule has 184 valence electrons. The third-order valence-corrected chi connectivity index (χ3v) is 6.42. The number of nitrogens with zero attached hydrogens (tertiary/aromatic N) is 6. The van der Waals surface area contributed by atoms with Gasteiger partial charge in [0.1, 0.15) is 17.5 Å². The summed E-state index contributed by atoms with van der Waals surface area (Å²) >= 11 is 0. The fourth-order valence-electron chi connectivity index (χ4n) is 4.43. The van der Waals surface area contributed by atoms with E-state index in [0.29, 0.717) is 17.6 Å². The van der Waals surface area contributed by atoms with Crippen LogP contribution in [0.2, 0.25) is 0 Å². The van der Waals surface area contributed by atoms with E-state index in [-0.39, 0.29) is 5.82 Å². The van der Waals surface area contributed by atoms with E-state index in [1.165, 1.54) is 11.6 Å². The van der Waals surface area contributed by atoms with Gasteiger partial charge in [0.25, 0.3) is 0 Å². The van der Waals surface area contributed by atoms with E-state index in [0.717, 1.165) is 73.6 Å². The highest BCUT2D eigenvalue weighted by atomic mass is 19.4. The Bertz CT molecular complexity index is 1400. The van der Waals surface area contributed by atoms with Gasteiger partial charge in [0.05, 0.1) is 17.3 Å². The average molecular weight is 493 g/mol. The molecule has 1 aliphatic carbocycles. The summed E-state index contributed by atoms with van der Waals surface area (Å²) in [6, 6.07) is 5.83. The second-order valence-corrected chi connectivity index (χ2v) is 8.99. The lowest BCUT2D eigenvalue weighted by molar-refractivity contribution is -0.137. The second-order valence-electron chi connectivity index (χ2n) is 8.99. The van der Waals surface area contributed by atoms with E-state index in [4.69, 9.17) is 9.97 Å². The van der Waals surface area contributed by atoms with Crippen molar-refractivity contribution in [2.24, 2.45) is 0 Å². The van der Waals surface area contributed by atoms with Crippen LogP contribution in [0.5, 0.6) is 0 Å². The summed E-state index contributed by atoms with van der Waals surface area (Å²) in [7, 11) is 0. The molecule has 0 aromatic carbocycles. The molecule has 1 aliphatic heterocycles. The standard InChI is InChI=1S/C25H23F3N8/c26-25(27,28)17-3-4-20(32-12-17)34-21-11-16(5-6-31-21)23-33-19-14-30-13-18(15-1-2-15)22(19)24(35-23)36-9-7-29-8-10-36/h3-6,11-15,29H,1-2,7-10H2,(H,31,32,34). The lowest BCUT2D eigenvalue weighted by atomic mass is 10.1. The summed E-state index contributed by atoms with van der Waals surface area (Å²) in [5.74, 6) is 2.64. The minimum Gasteiger partial charge on any atom is -0.353 e. The van der Waals surface area contributed by atoms with Crippen molar-refractivity contribution >= 4 is 28.4 Å². The highest BCUT2D eigenvalue weighted by molar-refractivity contribution is 5.94. The van der Waals surface area contributed by atoms with Crippen LogP contribution in [0, 0.1) is 0 Å². The molecule has 1 saturated carbocycles. The number of aromatic nitrogens is 5. The molecule has 1 saturated heterocycles. The molecular weight excluding hydrogens is 469 g/mol. The van der Waals surface area contributed by atoms with Crippen LogP contribution in [0.1, 0.15) is 29.9 Å². The SMILES string of the molecule is FC(F)(F)c1ccc(Nc2cc(-c3nc(N4CCNCC4)c4c(C5CC5)cncc4n3)ccn2)nc1. The number of alkyl halides is 3. The van der Waals surface area contributed by atoms with Gasteiger partial charge in [-0.15, -0.1) is 0 Å². The largest absolute Gasteiger partial charge is 0.417 e. The van der Waals surface area contributed by atoms with Gasteiger partial charge in [-0.3, -0.25) is 4.98 Å². The van der Waals surface area contributed by atoms with Crippen molar-refractivity contribution in [1.29, 1.82) is 0 Å². The lowest BCUT2D eigenvalue weighted by Gasteiger charge is -2.30. The number of rotatable bonds is 5. The van der Waals surface area contributed by atoms with Crippen LogP contribution >= 0.6 is 0 Å². The van der Waals surface area contributed by atoms with E-state index in [9.17, 15) is 13.2 Å². The first kappa shape index (κ1) is 22.6. The molecule has 8 nitrogen and oxygen atoms in total. The molecule has 4 aromatic heterocycles. The van der Waals surface area contributed by atoms with Gasteiger partial charge in [-0.25, -0.2) is 19.9 Å². The Labute approximate surface area is 205 Å². The quantitative estimate of drug-likeness (QED) is 0.420. The molecule has 0 atom stereocenters. The molecule has 0 spiro atoms. The normalized spacial score (nSPS) is 16.4. The Morgan fingerprint density at radius 2 is 1.78 bits per heavy atom. The van der Waals surface area contributed by atoms with Crippen molar-refractivity contribution in [3.63, 3.8) is 0 Å². The number of hydrogen-bond acceptors (Lipinski definition) is 8. The summed E-state index contributed by atoms with van der Waals surface area (Å²) in [4.78, 5) is 24.8. The zero-order valence-corrected chi connectivity index (χ0v) is 19.3. The first-order valence-electron chi connectivity index (χ1n) is 11.8. The van der Waals surface area contributed by atoms with E-state index < -0.39 is 11.7 Å². The maximum absolute atomic E-state index is 12.8. The number of hydrogen-bond donors (Lipinski definition) is 2. The van der Waals surface area contributed by atoms with E-state index in [1.807, 2.05) is 12.3 Å². The summed E-state index contributed by atoms with van der Waals surface area (Å²) in [6.45, 7) is 3.46. The van der Waals surface area contributed by atoms with Gasteiger partial charge in [-0.1, -0.05) is 0 Å². The third kappa shape index (κ3) is 4.53. The molecule has 6 rings (SSSR count). The summed E-state index contributed by atoms with van der Waals surface area (Å²) in [5.41, 5.74) is 1.93. The fraction of sp³-hybridized carbons (Fsp3) is 0.320. The maximum Gasteiger partial charge on any atom is 0.417 e. The molecule has 0 unspecified atom stereocenters. The molecule has 2 N–H and O–H groups in total. The average Bonchev–Trinajstić information content (AvgIpc) is 3.74. The molecule has 4 aromatic rings. The van der Waals surface area contributed by atoms with Gasteiger partial charge in [0.2, 0.25) is 0 Å². The number of halogens is 3. The van der Waals surface area contributed by atoms with Crippen molar-refractivity contribution < 1.29 is 13.2 Å². The minimum absolute atomic E-state index is 0.256. The third-order valence-electron chi connectivity index (χ3n) is 6.42. The van der Waals surface area contributed by atoms with Gasteiger partial charge in [-0.05, 0) is 48.6 Å². The Kier molecular flexibility index (Phi) is 5.63. The second kappa shape index (κ2) is 8.98. The first-order chi connectivity index (χ1) is 17.5. The van der Waals surface area contributed by atoms with Gasteiger partial charge >= 0.3 is 6.18 Å². The summed E-state index contributed by atoms with van der Waals surface area (Å²) < 4.78 is 38.5. The topological polar surface area (TPSA) is 91.8 Å². The monoisotopic (exact) mass is 492 g/mol. The minimum atomic E-state index is -4.44. The zero-order valence-electron chi connectivity index (χ0n) is 19.3. The molecule has 0 bridgehead atoms. The zero-order chi connectivity index (χ0) is 24.7. The van der Waals surface area contributed by atoms with E-state index in [2.05, 4.69) is 30.5 Å². The molecule has 0 radical (unpaired) electrons. The first-order valence-corrected chi connectivity index (χ1v) is 11.8. The molecule has 5 heterocycles. The maximum atomic E-state index is 12.8. The number of anilines is 3. The van der Waals surface area contributed by atoms with Crippen molar-refractivity contribution in [3.05, 3.63) is 60.2 Å². The molecule has 2 fully saturated rings. The summed E-state index contributed by atoms with van der Waals surface area (Å²) in [6.07, 6.45) is 4.00. The highest BCUT2D eigenvalue weighted by Gasteiger charge is 2.31. The van der Waals surface area contributed by atoms with Gasteiger partial charge in [0, 0.05) is 55.7 Å². The molecule has 36 heavy (non-hydrogen) atoms. The molecule has 2 aliphatic rings. The predicted octanol–water partition coefficient (Wildman–Crippen LogP) is 4.53. The Hall–Kier alpha value is -3.86. The summed E-state index contributed by atoms with van der Waals surface area (Å²) in [5, 5.41) is 7.42. The van der Waals surface area contributed by atoms with Crippen LogP contribution in [0.4, 0.5) is 30.6 Å². The van der Waals surface area contributed by atoms with Crippen LogP contribution < -0.4 is 15.5 Å². The Morgan fingerprint density at radius 3 is 2.50 bits per heavy atom. The predicted molar refractivity (Wildman–Crippen MR) is 130 cm³/mol. The van der Waals surface area contributed by atoms with Crippen molar-refractivity contribution in [3.8, 4) is 11.4 Å². The fourth-order valence-corrected chi connectivity index (χ4v) is 4.43. The van der Waals surface area contributed by atoms with Gasteiger partial charge in [-0.2, -0.15) is 13.2 Å². The molecule has 11 heteroatoms. The van der Waals surface area contributed by atoms with Crippen LogP contribution in [-0.4, -0.2) is 51.1 Å². The van der Waals surface area contributed by atoms with Crippen LogP contribution in [0.3, 0.4) is 0 Å². The van der Waals surface area contributed by atoms with Crippen molar-refractivity contribution in [2.75, 3.05) is 36.4 Å². The molecular formula is C25H23F3N8. The Morgan fingerprint density at radius 1 is 0.944 bits per heavy atom. The van der Waals surface area contributed by atoms with Crippen LogP contribution in [-0.2, 0) is 6.18 Å².